The Labute approximate surface area is 163 Å². The molecule has 0 saturated heterocycles. The van der Waals surface area contributed by atoms with Crippen LogP contribution in [0.4, 0.5) is 4.79 Å². The molecule has 1 heterocycles. The summed E-state index contributed by atoms with van der Waals surface area (Å²) < 4.78 is 11.1. The lowest BCUT2D eigenvalue weighted by molar-refractivity contribution is 0.123. The molecule has 1 N–H and O–H groups in total. The first-order valence-electron chi connectivity index (χ1n) is 9.13. The van der Waals surface area contributed by atoms with Crippen LogP contribution in [0.2, 0.25) is 0 Å². The second-order valence-electron chi connectivity index (χ2n) is 7.15. The van der Waals surface area contributed by atoms with Crippen molar-refractivity contribution >= 4 is 17.1 Å². The maximum atomic E-state index is 12.8. The van der Waals surface area contributed by atoms with Gasteiger partial charge < -0.3 is 19.2 Å². The summed E-state index contributed by atoms with van der Waals surface area (Å²) in [4.78, 5) is 26.9. The molecule has 0 saturated carbocycles. The Hall–Kier alpha value is -3.28. The molecular weight excluding hydrogens is 358 g/mol. The van der Waals surface area contributed by atoms with Crippen molar-refractivity contribution in [3.63, 3.8) is 0 Å². The van der Waals surface area contributed by atoms with Crippen molar-refractivity contribution < 1.29 is 19.1 Å². The summed E-state index contributed by atoms with van der Waals surface area (Å²) in [6.07, 6.45) is 0.921. The minimum absolute atomic E-state index is 0.00115. The third kappa shape index (κ3) is 3.86. The van der Waals surface area contributed by atoms with Crippen LogP contribution in [0.5, 0.6) is 11.5 Å². The lowest BCUT2D eigenvalue weighted by Gasteiger charge is -2.29. The normalized spacial score (nSPS) is 11.2. The smallest absolute Gasteiger partial charge is 0.415 e. The van der Waals surface area contributed by atoms with E-state index in [2.05, 4.69) is 0 Å². The molecule has 146 valence electrons. The molecule has 2 aromatic carbocycles. The summed E-state index contributed by atoms with van der Waals surface area (Å²) in [5, 5.41) is 9.79. The largest absolute Gasteiger partial charge is 0.508 e. The standard InChI is InChI=1S/C22H23NO5/c1-13(2)23(14(3)4)22(26)28-17-9-10-18-20(11-17)27-12-19(21(18)25)15-5-7-16(24)8-6-15/h5-14,24H,1-4H3. The van der Waals surface area contributed by atoms with E-state index >= 15 is 0 Å². The summed E-state index contributed by atoms with van der Waals surface area (Å²) in [7, 11) is 0. The highest BCUT2D eigenvalue weighted by Crippen LogP contribution is 2.25. The lowest BCUT2D eigenvalue weighted by Crippen LogP contribution is -2.43. The molecule has 0 fully saturated rings. The fraction of sp³-hybridized carbons (Fsp3) is 0.273. The number of hydrogen-bond donors (Lipinski definition) is 1. The maximum Gasteiger partial charge on any atom is 0.415 e. The molecule has 28 heavy (non-hydrogen) atoms. The van der Waals surface area contributed by atoms with Crippen LogP contribution in [0.1, 0.15) is 27.7 Å². The number of hydrogen-bond acceptors (Lipinski definition) is 5. The third-order valence-corrected chi connectivity index (χ3v) is 4.45. The maximum absolute atomic E-state index is 12.8. The molecule has 1 aromatic heterocycles. The summed E-state index contributed by atoms with van der Waals surface area (Å²) in [5.41, 5.74) is 1.17. The summed E-state index contributed by atoms with van der Waals surface area (Å²) >= 11 is 0. The zero-order chi connectivity index (χ0) is 20.4. The molecule has 0 radical (unpaired) electrons. The first-order chi connectivity index (χ1) is 13.3. The van der Waals surface area contributed by atoms with Crippen LogP contribution < -0.4 is 10.2 Å². The molecule has 0 atom stereocenters. The molecule has 3 aromatic rings. The summed E-state index contributed by atoms with van der Waals surface area (Å²) in [6, 6.07) is 11.0. The fourth-order valence-corrected chi connectivity index (χ4v) is 3.18. The van der Waals surface area contributed by atoms with E-state index in [1.807, 2.05) is 27.7 Å². The van der Waals surface area contributed by atoms with E-state index in [0.29, 0.717) is 27.8 Å². The average Bonchev–Trinajstić information content (AvgIpc) is 2.62. The van der Waals surface area contributed by atoms with Crippen molar-refractivity contribution in [2.24, 2.45) is 0 Å². The van der Waals surface area contributed by atoms with E-state index < -0.39 is 6.09 Å². The Morgan fingerprint density at radius 3 is 2.29 bits per heavy atom. The monoisotopic (exact) mass is 381 g/mol. The number of carbonyl (C=O) groups excluding carboxylic acids is 1. The summed E-state index contributed by atoms with van der Waals surface area (Å²) in [5.74, 6) is 0.432. The predicted octanol–water partition coefficient (Wildman–Crippen LogP) is 4.78. The molecule has 1 amide bonds. The van der Waals surface area contributed by atoms with Crippen LogP contribution in [-0.2, 0) is 0 Å². The Morgan fingerprint density at radius 2 is 1.68 bits per heavy atom. The van der Waals surface area contributed by atoms with Gasteiger partial charge in [0.25, 0.3) is 0 Å². The van der Waals surface area contributed by atoms with E-state index in [1.54, 1.807) is 29.2 Å². The number of aromatic hydroxyl groups is 1. The highest BCUT2D eigenvalue weighted by atomic mass is 16.6. The summed E-state index contributed by atoms with van der Waals surface area (Å²) in [6.45, 7) is 7.69. The number of rotatable bonds is 4. The molecule has 0 spiro atoms. The van der Waals surface area contributed by atoms with Crippen LogP contribution in [0.15, 0.2) is 57.9 Å². The number of nitrogens with zero attached hydrogens (tertiary/aromatic N) is 1. The van der Waals surface area contributed by atoms with Crippen molar-refractivity contribution in [3.05, 3.63) is 59.0 Å². The number of carbonyl (C=O) groups is 1. The lowest BCUT2D eigenvalue weighted by atomic mass is 10.1. The minimum atomic E-state index is -0.451. The number of ether oxygens (including phenoxy) is 1. The Morgan fingerprint density at radius 1 is 1.04 bits per heavy atom. The van der Waals surface area contributed by atoms with Crippen LogP contribution in [-0.4, -0.2) is 28.2 Å². The Kier molecular flexibility index (Phi) is 5.40. The SMILES string of the molecule is CC(C)N(C(=O)Oc1ccc2c(=O)c(-c3ccc(O)cc3)coc2c1)C(C)C. The van der Waals surface area contributed by atoms with Crippen LogP contribution in [0, 0.1) is 0 Å². The predicted molar refractivity (Wildman–Crippen MR) is 108 cm³/mol. The van der Waals surface area contributed by atoms with Gasteiger partial charge in [0.15, 0.2) is 5.43 Å². The highest BCUT2D eigenvalue weighted by molar-refractivity contribution is 5.83. The third-order valence-electron chi connectivity index (χ3n) is 4.45. The number of amides is 1. The van der Waals surface area contributed by atoms with Crippen LogP contribution in [0.3, 0.4) is 0 Å². The van der Waals surface area contributed by atoms with Gasteiger partial charge in [0.05, 0.1) is 10.9 Å². The van der Waals surface area contributed by atoms with E-state index in [0.717, 1.165) is 0 Å². The highest BCUT2D eigenvalue weighted by Gasteiger charge is 2.22. The van der Waals surface area contributed by atoms with Gasteiger partial charge in [-0.25, -0.2) is 4.79 Å². The van der Waals surface area contributed by atoms with Gasteiger partial charge in [-0.1, -0.05) is 12.1 Å². The molecule has 3 rings (SSSR count). The Balaban J connectivity index is 1.93. The Bertz CT molecular complexity index is 1040. The van der Waals surface area contributed by atoms with Gasteiger partial charge in [0, 0.05) is 18.2 Å². The zero-order valence-electron chi connectivity index (χ0n) is 16.3. The first-order valence-corrected chi connectivity index (χ1v) is 9.13. The van der Waals surface area contributed by atoms with Gasteiger partial charge >= 0.3 is 6.09 Å². The van der Waals surface area contributed by atoms with Crippen molar-refractivity contribution in [2.45, 2.75) is 39.8 Å². The number of benzene rings is 2. The second kappa shape index (κ2) is 7.76. The first kappa shape index (κ1) is 19.5. The van der Waals surface area contributed by atoms with Crippen molar-refractivity contribution in [2.75, 3.05) is 0 Å². The molecule has 6 nitrogen and oxygen atoms in total. The van der Waals surface area contributed by atoms with E-state index in [-0.39, 0.29) is 23.3 Å². The zero-order valence-corrected chi connectivity index (χ0v) is 16.3. The number of fused-ring (bicyclic) bond motifs is 1. The van der Waals surface area contributed by atoms with Gasteiger partial charge in [-0.15, -0.1) is 0 Å². The van der Waals surface area contributed by atoms with Gasteiger partial charge in [-0.2, -0.15) is 0 Å². The molecule has 0 aliphatic carbocycles. The van der Waals surface area contributed by atoms with Gasteiger partial charge in [0.2, 0.25) is 0 Å². The van der Waals surface area contributed by atoms with Crippen molar-refractivity contribution in [1.29, 1.82) is 0 Å². The van der Waals surface area contributed by atoms with E-state index in [1.165, 1.54) is 24.5 Å². The van der Waals surface area contributed by atoms with Gasteiger partial charge in [-0.05, 0) is 57.5 Å². The number of phenols is 1. The molecule has 0 aliphatic heterocycles. The fourth-order valence-electron chi connectivity index (χ4n) is 3.18. The second-order valence-corrected chi connectivity index (χ2v) is 7.15. The van der Waals surface area contributed by atoms with Crippen molar-refractivity contribution in [3.8, 4) is 22.6 Å². The molecule has 6 heteroatoms. The van der Waals surface area contributed by atoms with E-state index in [9.17, 15) is 14.7 Å². The van der Waals surface area contributed by atoms with Gasteiger partial charge in [0.1, 0.15) is 23.3 Å². The minimum Gasteiger partial charge on any atom is -0.508 e. The van der Waals surface area contributed by atoms with Crippen molar-refractivity contribution in [1.82, 2.24) is 4.90 Å². The molecule has 0 unspecified atom stereocenters. The molecular formula is C22H23NO5. The van der Waals surface area contributed by atoms with Crippen LogP contribution in [0.25, 0.3) is 22.1 Å². The van der Waals surface area contributed by atoms with Gasteiger partial charge in [-0.3, -0.25) is 4.79 Å². The molecule has 0 aliphatic rings. The average molecular weight is 381 g/mol. The number of phenolic OH excluding ortho intramolecular Hbond substituents is 1. The van der Waals surface area contributed by atoms with Crippen LogP contribution >= 0.6 is 0 Å². The topological polar surface area (TPSA) is 80.0 Å². The molecule has 0 bridgehead atoms. The van der Waals surface area contributed by atoms with E-state index in [4.69, 9.17) is 9.15 Å². The quantitative estimate of drug-likeness (QED) is 0.703.